The van der Waals surface area contributed by atoms with E-state index in [9.17, 15) is 14.7 Å². The lowest BCUT2D eigenvalue weighted by atomic mass is 9.85. The first-order chi connectivity index (χ1) is 12.1. The normalized spacial score (nSPS) is 44.1. The van der Waals surface area contributed by atoms with Gasteiger partial charge in [0.2, 0.25) is 0 Å². The van der Waals surface area contributed by atoms with Gasteiger partial charge in [0, 0.05) is 12.0 Å². The minimum Gasteiger partial charge on any atom is -0.459 e. The smallest absolute Gasteiger partial charge is 0.341 e. The van der Waals surface area contributed by atoms with E-state index in [1.54, 1.807) is 13.0 Å². The molecule has 3 aliphatic rings. The third kappa shape index (κ3) is 3.48. The molecule has 3 rings (SSSR count). The average Bonchev–Trinajstić information content (AvgIpc) is 3.04. The molecular weight excluding hydrogens is 336 g/mol. The molecule has 0 saturated carbocycles. The van der Waals surface area contributed by atoms with Crippen LogP contribution in [0.15, 0.2) is 35.5 Å². The van der Waals surface area contributed by atoms with E-state index in [4.69, 9.17) is 14.2 Å². The molecule has 2 aliphatic heterocycles. The quantitative estimate of drug-likeness (QED) is 0.351. The van der Waals surface area contributed by atoms with Crippen molar-refractivity contribution >= 4 is 11.9 Å². The van der Waals surface area contributed by atoms with Crippen molar-refractivity contribution in [2.45, 2.75) is 70.6 Å². The Balaban J connectivity index is 1.93. The van der Waals surface area contributed by atoms with Crippen LogP contribution in [0.4, 0.5) is 0 Å². The summed E-state index contributed by atoms with van der Waals surface area (Å²) in [6.07, 6.45) is 2.41. The molecule has 0 amide bonds. The Morgan fingerprint density at radius 3 is 2.54 bits per heavy atom. The second-order valence-electron chi connectivity index (χ2n) is 7.73. The maximum Gasteiger partial charge on any atom is 0.341 e. The van der Waals surface area contributed by atoms with E-state index >= 15 is 0 Å². The minimum atomic E-state index is -0.946. The number of rotatable bonds is 2. The summed E-state index contributed by atoms with van der Waals surface area (Å²) in [5.74, 6) is -1.39. The third-order valence-corrected chi connectivity index (χ3v) is 5.45. The molecule has 1 N–H and O–H groups in total. The lowest BCUT2D eigenvalue weighted by Crippen LogP contribution is -2.37. The fourth-order valence-corrected chi connectivity index (χ4v) is 3.68. The number of fused-ring (bicyclic) bond motifs is 1. The topological polar surface area (TPSA) is 85.4 Å². The zero-order valence-corrected chi connectivity index (χ0v) is 15.7. The van der Waals surface area contributed by atoms with Crippen molar-refractivity contribution < 1.29 is 28.9 Å². The van der Waals surface area contributed by atoms with Crippen LogP contribution in [-0.4, -0.2) is 47.1 Å². The molecule has 6 atom stereocenters. The number of esters is 2. The van der Waals surface area contributed by atoms with Gasteiger partial charge in [-0.3, -0.25) is 0 Å². The molecule has 2 saturated heterocycles. The molecular formula is C20H26O6. The Morgan fingerprint density at radius 2 is 1.92 bits per heavy atom. The highest BCUT2D eigenvalue weighted by molar-refractivity contribution is 5.91. The number of epoxide rings is 1. The number of carbonyl (C=O) groups is 2. The molecule has 2 fully saturated rings. The van der Waals surface area contributed by atoms with E-state index in [-0.39, 0.29) is 6.10 Å². The van der Waals surface area contributed by atoms with Gasteiger partial charge in [-0.25, -0.2) is 9.59 Å². The fraction of sp³-hybridized carbons (Fsp3) is 0.600. The van der Waals surface area contributed by atoms with Crippen LogP contribution in [0.25, 0.3) is 0 Å². The van der Waals surface area contributed by atoms with Crippen LogP contribution < -0.4 is 0 Å². The Bertz CT molecular complexity index is 705. The molecule has 2 heterocycles. The van der Waals surface area contributed by atoms with E-state index in [1.165, 1.54) is 0 Å². The Kier molecular flexibility index (Phi) is 4.84. The maximum atomic E-state index is 12.6. The zero-order chi connectivity index (χ0) is 19.2. The summed E-state index contributed by atoms with van der Waals surface area (Å²) < 4.78 is 16.6. The van der Waals surface area contributed by atoms with Crippen molar-refractivity contribution in [3.8, 4) is 0 Å². The van der Waals surface area contributed by atoms with Gasteiger partial charge in [0.05, 0.1) is 18.1 Å². The van der Waals surface area contributed by atoms with Gasteiger partial charge in [0.25, 0.3) is 0 Å². The predicted molar refractivity (Wildman–Crippen MR) is 94.1 cm³/mol. The molecule has 0 aromatic rings. The lowest BCUT2D eigenvalue weighted by Gasteiger charge is -2.28. The maximum absolute atomic E-state index is 12.6. The molecule has 6 nitrogen and oxygen atoms in total. The first kappa shape index (κ1) is 18.9. The van der Waals surface area contributed by atoms with Gasteiger partial charge in [-0.05, 0) is 40.2 Å². The highest BCUT2D eigenvalue weighted by atomic mass is 16.7. The second kappa shape index (κ2) is 6.67. The summed E-state index contributed by atoms with van der Waals surface area (Å²) in [4.78, 5) is 24.7. The SMILES string of the molecule is C=C1C(=O)O[C@@H]2/C=C(\C)C[C@H](O)/C=C(\C)C[C@@H](OC(=O)C3(C)OC3C)[C@@H]12. The molecule has 1 aliphatic carbocycles. The zero-order valence-electron chi connectivity index (χ0n) is 15.7. The van der Waals surface area contributed by atoms with Crippen molar-refractivity contribution in [1.29, 1.82) is 0 Å². The first-order valence-corrected chi connectivity index (χ1v) is 8.93. The van der Waals surface area contributed by atoms with Crippen LogP contribution in [0.1, 0.15) is 40.5 Å². The standard InChI is InChI=1S/C20H26O6/c1-10-6-14(21)7-11(2)9-16(25-19(23)20(5)13(4)26-20)17-12(3)18(22)24-15(17)8-10/h7-8,13-17,21H,3,6,9H2,1-2,4-5H3/b10-8+,11-7+/t13?,14-,15+,16+,17-,20?/m0/s1. The van der Waals surface area contributed by atoms with Gasteiger partial charge >= 0.3 is 11.9 Å². The van der Waals surface area contributed by atoms with E-state index in [0.717, 1.165) is 11.1 Å². The van der Waals surface area contributed by atoms with Crippen LogP contribution in [0.2, 0.25) is 0 Å². The number of aliphatic hydroxyl groups excluding tert-OH is 1. The van der Waals surface area contributed by atoms with Gasteiger partial charge in [-0.15, -0.1) is 0 Å². The largest absolute Gasteiger partial charge is 0.459 e. The van der Waals surface area contributed by atoms with Crippen molar-refractivity contribution in [2.75, 3.05) is 0 Å². The van der Waals surface area contributed by atoms with Gasteiger partial charge in [0.1, 0.15) is 12.2 Å². The molecule has 6 heteroatoms. The fourth-order valence-electron chi connectivity index (χ4n) is 3.68. The van der Waals surface area contributed by atoms with E-state index < -0.39 is 41.8 Å². The molecule has 0 spiro atoms. The third-order valence-electron chi connectivity index (χ3n) is 5.45. The van der Waals surface area contributed by atoms with Crippen molar-refractivity contribution in [3.05, 3.63) is 35.5 Å². The van der Waals surface area contributed by atoms with Gasteiger partial charge in [-0.1, -0.05) is 23.8 Å². The molecule has 0 aromatic heterocycles. The number of carbonyl (C=O) groups excluding carboxylic acids is 2. The van der Waals surface area contributed by atoms with Crippen molar-refractivity contribution in [1.82, 2.24) is 0 Å². The monoisotopic (exact) mass is 362 g/mol. The Hall–Kier alpha value is -1.92. The second-order valence-corrected chi connectivity index (χ2v) is 7.73. The Morgan fingerprint density at radius 1 is 1.31 bits per heavy atom. The molecule has 26 heavy (non-hydrogen) atoms. The van der Waals surface area contributed by atoms with Crippen LogP contribution in [0.3, 0.4) is 0 Å². The molecule has 2 unspecified atom stereocenters. The molecule has 0 bridgehead atoms. The average molecular weight is 362 g/mol. The summed E-state index contributed by atoms with van der Waals surface area (Å²) in [5.41, 5.74) is 1.14. The van der Waals surface area contributed by atoms with Crippen molar-refractivity contribution in [2.24, 2.45) is 5.92 Å². The van der Waals surface area contributed by atoms with Crippen LogP contribution in [-0.2, 0) is 23.8 Å². The van der Waals surface area contributed by atoms with Gasteiger partial charge in [0.15, 0.2) is 5.60 Å². The summed E-state index contributed by atoms with van der Waals surface area (Å²) in [5, 5.41) is 10.2. The van der Waals surface area contributed by atoms with Gasteiger partial charge < -0.3 is 19.3 Å². The number of hydrogen-bond donors (Lipinski definition) is 1. The van der Waals surface area contributed by atoms with E-state index in [0.29, 0.717) is 18.4 Å². The van der Waals surface area contributed by atoms with Crippen LogP contribution in [0, 0.1) is 5.92 Å². The molecule has 142 valence electrons. The summed E-state index contributed by atoms with van der Waals surface area (Å²) >= 11 is 0. The summed E-state index contributed by atoms with van der Waals surface area (Å²) in [6, 6.07) is 0. The van der Waals surface area contributed by atoms with E-state index in [1.807, 2.05) is 26.8 Å². The molecule has 0 aromatic carbocycles. The van der Waals surface area contributed by atoms with Gasteiger partial charge in [-0.2, -0.15) is 0 Å². The summed E-state index contributed by atoms with van der Waals surface area (Å²) in [6.45, 7) is 11.1. The highest BCUT2D eigenvalue weighted by Crippen LogP contribution is 2.40. The number of hydrogen-bond acceptors (Lipinski definition) is 6. The first-order valence-electron chi connectivity index (χ1n) is 8.93. The van der Waals surface area contributed by atoms with Crippen molar-refractivity contribution in [3.63, 3.8) is 0 Å². The summed E-state index contributed by atoms with van der Waals surface area (Å²) in [7, 11) is 0. The predicted octanol–water partition coefficient (Wildman–Crippen LogP) is 2.22. The van der Waals surface area contributed by atoms with E-state index in [2.05, 4.69) is 6.58 Å². The molecule has 0 radical (unpaired) electrons. The highest BCUT2D eigenvalue weighted by Gasteiger charge is 2.58. The Labute approximate surface area is 153 Å². The number of ether oxygens (including phenoxy) is 3. The minimum absolute atomic E-state index is 0.199. The van der Waals surface area contributed by atoms with Crippen LogP contribution >= 0.6 is 0 Å². The van der Waals surface area contributed by atoms with Crippen LogP contribution in [0.5, 0.6) is 0 Å². The lowest BCUT2D eigenvalue weighted by molar-refractivity contribution is -0.157. The number of aliphatic hydroxyl groups is 1.